The molecule has 2 aliphatic rings. The van der Waals surface area contributed by atoms with Crippen LogP contribution in [0.1, 0.15) is 28.7 Å². The normalized spacial score (nSPS) is 18.4. The summed E-state index contributed by atoms with van der Waals surface area (Å²) in [5.41, 5.74) is -3.69. The lowest BCUT2D eigenvalue weighted by Crippen LogP contribution is -2.28. The Kier molecular flexibility index (Phi) is 5.66. The number of ether oxygens (including phenoxy) is 4. The van der Waals surface area contributed by atoms with Crippen molar-refractivity contribution in [1.82, 2.24) is 0 Å². The van der Waals surface area contributed by atoms with Gasteiger partial charge in [0.25, 0.3) is 0 Å². The molecule has 184 valence electrons. The first-order valence-electron chi connectivity index (χ1n) is 10.5. The van der Waals surface area contributed by atoms with E-state index < -0.39 is 33.4 Å². The van der Waals surface area contributed by atoms with Gasteiger partial charge in [0.1, 0.15) is 30.0 Å². The standard InChI is InChI=1S/C24H19F3O7S/c1-30-15-7-8-16-19(9-15)32-13-18-17-10-22(34-35(28,29)24(25,26)27)21(11-20(17)33-23(16)18)31-12-14-5-3-2-4-6-14/h2-11,18,23H,12-13H2,1H3. The number of hydrogen-bond donors (Lipinski definition) is 0. The number of alkyl halides is 3. The maximum atomic E-state index is 13.1. The smallest absolute Gasteiger partial charge is 0.497 e. The summed E-state index contributed by atoms with van der Waals surface area (Å²) in [6, 6.07) is 16.7. The van der Waals surface area contributed by atoms with Crippen LogP contribution in [0.2, 0.25) is 0 Å². The lowest BCUT2D eigenvalue weighted by molar-refractivity contribution is -0.0500. The highest BCUT2D eigenvalue weighted by Gasteiger charge is 2.49. The van der Waals surface area contributed by atoms with Crippen molar-refractivity contribution < 1.29 is 44.7 Å². The first kappa shape index (κ1) is 23.2. The van der Waals surface area contributed by atoms with Crippen LogP contribution in [0.5, 0.6) is 28.7 Å². The molecule has 3 aromatic carbocycles. The fourth-order valence-electron chi connectivity index (χ4n) is 4.05. The molecule has 0 aliphatic carbocycles. The Labute approximate surface area is 199 Å². The monoisotopic (exact) mass is 508 g/mol. The molecular formula is C24H19F3O7S. The molecule has 0 bridgehead atoms. The van der Waals surface area contributed by atoms with Crippen LogP contribution < -0.4 is 23.1 Å². The zero-order valence-corrected chi connectivity index (χ0v) is 19.1. The highest BCUT2D eigenvalue weighted by atomic mass is 32.2. The molecule has 2 atom stereocenters. The Balaban J connectivity index is 1.52. The molecule has 7 nitrogen and oxygen atoms in total. The Morgan fingerprint density at radius 1 is 0.971 bits per heavy atom. The third kappa shape index (κ3) is 4.31. The van der Waals surface area contributed by atoms with Gasteiger partial charge in [-0.25, -0.2) is 0 Å². The van der Waals surface area contributed by atoms with Crippen molar-refractivity contribution in [3.05, 3.63) is 77.4 Å². The highest BCUT2D eigenvalue weighted by molar-refractivity contribution is 7.88. The molecule has 0 N–H and O–H groups in total. The molecule has 35 heavy (non-hydrogen) atoms. The molecule has 0 radical (unpaired) electrons. The van der Waals surface area contributed by atoms with Crippen molar-refractivity contribution in [3.63, 3.8) is 0 Å². The Morgan fingerprint density at radius 3 is 2.46 bits per heavy atom. The van der Waals surface area contributed by atoms with Gasteiger partial charge in [-0.2, -0.15) is 21.6 Å². The average molecular weight is 508 g/mol. The van der Waals surface area contributed by atoms with Crippen molar-refractivity contribution in [1.29, 1.82) is 0 Å². The molecule has 0 fully saturated rings. The molecule has 0 amide bonds. The molecule has 5 rings (SSSR count). The molecule has 2 aliphatic heterocycles. The van der Waals surface area contributed by atoms with Gasteiger partial charge in [0, 0.05) is 23.3 Å². The quantitative estimate of drug-likeness (QED) is 0.338. The van der Waals surface area contributed by atoms with Gasteiger partial charge in [-0.05, 0) is 23.8 Å². The predicted molar refractivity (Wildman–Crippen MR) is 117 cm³/mol. The minimum absolute atomic E-state index is 0.0271. The lowest BCUT2D eigenvalue weighted by Gasteiger charge is -2.28. The third-order valence-corrected chi connectivity index (χ3v) is 6.73. The van der Waals surface area contributed by atoms with E-state index in [2.05, 4.69) is 4.18 Å². The fourth-order valence-corrected chi connectivity index (χ4v) is 4.51. The zero-order chi connectivity index (χ0) is 24.8. The lowest BCUT2D eigenvalue weighted by atomic mass is 9.89. The van der Waals surface area contributed by atoms with Gasteiger partial charge in [0.15, 0.2) is 11.5 Å². The molecule has 11 heteroatoms. The van der Waals surface area contributed by atoms with Crippen LogP contribution in [-0.4, -0.2) is 27.6 Å². The fraction of sp³-hybridized carbons (Fsp3) is 0.250. The van der Waals surface area contributed by atoms with Crippen LogP contribution in [-0.2, 0) is 16.7 Å². The Morgan fingerprint density at radius 2 is 1.74 bits per heavy atom. The van der Waals surface area contributed by atoms with E-state index in [1.807, 2.05) is 0 Å². The Hall–Kier alpha value is -3.60. The predicted octanol–water partition coefficient (Wildman–Crippen LogP) is 5.11. The van der Waals surface area contributed by atoms with Gasteiger partial charge in [0.2, 0.25) is 0 Å². The van der Waals surface area contributed by atoms with E-state index in [4.69, 9.17) is 18.9 Å². The van der Waals surface area contributed by atoms with Crippen LogP contribution in [0.4, 0.5) is 13.2 Å². The summed E-state index contributed by atoms with van der Waals surface area (Å²) in [7, 11) is -4.39. The van der Waals surface area contributed by atoms with E-state index in [9.17, 15) is 21.6 Å². The number of benzene rings is 3. The topological polar surface area (TPSA) is 80.3 Å². The van der Waals surface area contributed by atoms with Gasteiger partial charge < -0.3 is 23.1 Å². The summed E-state index contributed by atoms with van der Waals surface area (Å²) in [5.74, 6) is 0.325. The van der Waals surface area contributed by atoms with E-state index in [-0.39, 0.29) is 19.0 Å². The van der Waals surface area contributed by atoms with Gasteiger partial charge in [-0.3, -0.25) is 0 Å². The molecular weight excluding hydrogens is 489 g/mol. The van der Waals surface area contributed by atoms with Crippen LogP contribution in [0.15, 0.2) is 60.7 Å². The number of methoxy groups -OCH3 is 1. The minimum atomic E-state index is -5.93. The number of hydrogen-bond acceptors (Lipinski definition) is 7. The van der Waals surface area contributed by atoms with Crippen LogP contribution in [0.25, 0.3) is 0 Å². The summed E-state index contributed by atoms with van der Waals surface area (Å²) in [4.78, 5) is 0. The summed E-state index contributed by atoms with van der Waals surface area (Å²) in [5, 5.41) is 0. The van der Waals surface area contributed by atoms with Gasteiger partial charge >= 0.3 is 15.6 Å². The molecule has 3 aromatic rings. The van der Waals surface area contributed by atoms with Crippen molar-refractivity contribution in [2.75, 3.05) is 13.7 Å². The maximum absolute atomic E-state index is 13.1. The summed E-state index contributed by atoms with van der Waals surface area (Å²) >= 11 is 0. The molecule has 2 heterocycles. The first-order valence-corrected chi connectivity index (χ1v) is 11.9. The van der Waals surface area contributed by atoms with Gasteiger partial charge in [-0.1, -0.05) is 30.3 Å². The average Bonchev–Trinajstić information content (AvgIpc) is 3.19. The largest absolute Gasteiger partial charge is 0.534 e. The summed E-state index contributed by atoms with van der Waals surface area (Å²) in [6.07, 6.45) is -0.490. The number of halogens is 3. The zero-order valence-electron chi connectivity index (χ0n) is 18.2. The molecule has 0 spiro atoms. The van der Waals surface area contributed by atoms with E-state index in [0.29, 0.717) is 22.8 Å². The van der Waals surface area contributed by atoms with E-state index in [1.165, 1.54) is 19.2 Å². The number of fused-ring (bicyclic) bond motifs is 5. The summed E-state index contributed by atoms with van der Waals surface area (Å²) in [6.45, 7) is 0.133. The molecule has 0 aromatic heterocycles. The highest BCUT2D eigenvalue weighted by Crippen LogP contribution is 2.54. The number of rotatable bonds is 6. The second-order valence-corrected chi connectivity index (χ2v) is 9.49. The third-order valence-electron chi connectivity index (χ3n) is 5.76. The van der Waals surface area contributed by atoms with Crippen molar-refractivity contribution in [3.8, 4) is 28.7 Å². The van der Waals surface area contributed by atoms with Crippen LogP contribution >= 0.6 is 0 Å². The van der Waals surface area contributed by atoms with Crippen molar-refractivity contribution in [2.24, 2.45) is 0 Å². The summed E-state index contributed by atoms with van der Waals surface area (Å²) < 4.78 is 90.1. The second kappa shape index (κ2) is 8.56. The first-order chi connectivity index (χ1) is 16.7. The van der Waals surface area contributed by atoms with Crippen molar-refractivity contribution in [2.45, 2.75) is 24.1 Å². The molecule has 2 unspecified atom stereocenters. The second-order valence-electron chi connectivity index (χ2n) is 7.95. The minimum Gasteiger partial charge on any atom is -0.497 e. The van der Waals surface area contributed by atoms with E-state index >= 15 is 0 Å². The van der Waals surface area contributed by atoms with E-state index in [0.717, 1.165) is 11.1 Å². The van der Waals surface area contributed by atoms with E-state index in [1.54, 1.807) is 48.5 Å². The molecule has 0 saturated carbocycles. The van der Waals surface area contributed by atoms with Gasteiger partial charge in [-0.15, -0.1) is 0 Å². The SMILES string of the molecule is COc1ccc2c(c1)OCC1c3cc(OS(=O)(=O)C(F)(F)F)c(OCc4ccccc4)cc3OC21. The Bertz CT molecular complexity index is 1360. The van der Waals surface area contributed by atoms with Crippen LogP contribution in [0.3, 0.4) is 0 Å². The van der Waals surface area contributed by atoms with Crippen molar-refractivity contribution >= 4 is 10.1 Å². The van der Waals surface area contributed by atoms with Gasteiger partial charge in [0.05, 0.1) is 19.6 Å². The maximum Gasteiger partial charge on any atom is 0.534 e. The van der Waals surface area contributed by atoms with Crippen LogP contribution in [0, 0.1) is 0 Å². The molecule has 0 saturated heterocycles.